The molecule has 0 spiro atoms. The molecule has 0 aliphatic rings. The van der Waals surface area contributed by atoms with Crippen molar-refractivity contribution in [1.82, 2.24) is 0 Å². The van der Waals surface area contributed by atoms with E-state index in [0.717, 1.165) is 19.3 Å². The maximum Gasteiger partial charge on any atom is 0.220 e. The summed E-state index contributed by atoms with van der Waals surface area (Å²) in [6.07, 6.45) is 4.28. The van der Waals surface area contributed by atoms with Crippen LogP contribution < -0.4 is 5.73 Å². The van der Waals surface area contributed by atoms with Crippen molar-refractivity contribution in [2.75, 3.05) is 0 Å². The number of hydrogen-bond acceptors (Lipinski definition) is 1. The summed E-state index contributed by atoms with van der Waals surface area (Å²) in [5.74, 6) is 0.925. The van der Waals surface area contributed by atoms with Gasteiger partial charge in [-0.15, -0.1) is 0 Å². The Morgan fingerprint density at radius 3 is 1.70 bits per heavy atom. The van der Waals surface area contributed by atoms with Crippen LogP contribution in [0.5, 0.6) is 0 Å². The summed E-state index contributed by atoms with van der Waals surface area (Å²) >= 11 is 0. The highest BCUT2D eigenvalue weighted by molar-refractivity contribution is 5.76. The molecule has 0 heterocycles. The molecule has 0 fully saturated rings. The zero-order valence-corrected chi connectivity index (χ0v) is 15.0. The zero-order valence-electron chi connectivity index (χ0n) is 15.0. The summed E-state index contributed by atoms with van der Waals surface area (Å²) in [6.45, 7) is 18.0. The SMILES string of the molecule is CC(CCC(C(N)=O)C(C)CC(C)(C)C)CC(C)(C)C. The van der Waals surface area contributed by atoms with E-state index in [-0.39, 0.29) is 17.2 Å². The maximum atomic E-state index is 11.7. The van der Waals surface area contributed by atoms with E-state index >= 15 is 0 Å². The normalized spacial score (nSPS) is 17.6. The minimum absolute atomic E-state index is 0.0247. The fourth-order valence-corrected chi connectivity index (χ4v) is 3.43. The first-order valence-electron chi connectivity index (χ1n) is 8.11. The van der Waals surface area contributed by atoms with Gasteiger partial charge in [-0.1, -0.05) is 55.4 Å². The Morgan fingerprint density at radius 2 is 1.35 bits per heavy atom. The Kier molecular flexibility index (Phi) is 7.27. The zero-order chi connectivity index (χ0) is 16.1. The molecule has 2 N–H and O–H groups in total. The first-order chi connectivity index (χ1) is 8.82. The third kappa shape index (κ3) is 9.39. The molecule has 0 saturated heterocycles. The van der Waals surface area contributed by atoms with Crippen molar-refractivity contribution in [3.05, 3.63) is 0 Å². The molecule has 0 bridgehead atoms. The van der Waals surface area contributed by atoms with Gasteiger partial charge in [-0.25, -0.2) is 0 Å². The Morgan fingerprint density at radius 1 is 0.900 bits per heavy atom. The van der Waals surface area contributed by atoms with Gasteiger partial charge in [-0.05, 0) is 48.3 Å². The lowest BCUT2D eigenvalue weighted by Crippen LogP contribution is -2.31. The lowest BCUT2D eigenvalue weighted by Gasteiger charge is -2.29. The average molecular weight is 284 g/mol. The summed E-state index contributed by atoms with van der Waals surface area (Å²) in [4.78, 5) is 11.7. The summed E-state index contributed by atoms with van der Waals surface area (Å²) in [5.41, 5.74) is 6.24. The van der Waals surface area contributed by atoms with Crippen LogP contribution in [0.2, 0.25) is 0 Å². The van der Waals surface area contributed by atoms with E-state index in [1.54, 1.807) is 0 Å². The van der Waals surface area contributed by atoms with E-state index in [0.29, 0.717) is 17.3 Å². The molecule has 2 nitrogen and oxygen atoms in total. The number of carbonyl (C=O) groups is 1. The fourth-order valence-electron chi connectivity index (χ4n) is 3.43. The molecular formula is C18H37NO. The largest absolute Gasteiger partial charge is 0.369 e. The fraction of sp³-hybridized carbons (Fsp3) is 0.944. The van der Waals surface area contributed by atoms with Crippen molar-refractivity contribution in [2.45, 2.75) is 81.1 Å². The highest BCUT2D eigenvalue weighted by Crippen LogP contribution is 2.33. The number of hydrogen-bond donors (Lipinski definition) is 1. The summed E-state index contributed by atoms with van der Waals surface area (Å²) in [7, 11) is 0. The summed E-state index contributed by atoms with van der Waals surface area (Å²) < 4.78 is 0. The molecule has 0 aliphatic carbocycles. The molecule has 0 aromatic heterocycles. The molecular weight excluding hydrogens is 246 g/mol. The molecule has 0 aromatic carbocycles. The van der Waals surface area contributed by atoms with Crippen LogP contribution in [0.25, 0.3) is 0 Å². The van der Waals surface area contributed by atoms with Crippen molar-refractivity contribution in [1.29, 1.82) is 0 Å². The Labute approximate surface area is 126 Å². The minimum Gasteiger partial charge on any atom is -0.369 e. The van der Waals surface area contributed by atoms with Gasteiger partial charge in [0.1, 0.15) is 0 Å². The number of rotatable bonds is 7. The van der Waals surface area contributed by atoms with Crippen LogP contribution in [0.3, 0.4) is 0 Å². The molecule has 3 atom stereocenters. The third-order valence-electron chi connectivity index (χ3n) is 3.92. The maximum absolute atomic E-state index is 11.7. The van der Waals surface area contributed by atoms with Gasteiger partial charge in [0.25, 0.3) is 0 Å². The molecule has 3 unspecified atom stereocenters. The molecule has 0 rings (SSSR count). The van der Waals surface area contributed by atoms with Crippen LogP contribution in [0.15, 0.2) is 0 Å². The van der Waals surface area contributed by atoms with Gasteiger partial charge in [0.15, 0.2) is 0 Å². The van der Waals surface area contributed by atoms with Crippen LogP contribution in [0.1, 0.15) is 81.1 Å². The number of primary amides is 1. The van der Waals surface area contributed by atoms with Gasteiger partial charge >= 0.3 is 0 Å². The lowest BCUT2D eigenvalue weighted by molar-refractivity contribution is -0.123. The molecule has 0 saturated carbocycles. The Balaban J connectivity index is 4.46. The summed E-state index contributed by atoms with van der Waals surface area (Å²) in [6, 6.07) is 0. The molecule has 120 valence electrons. The third-order valence-corrected chi connectivity index (χ3v) is 3.92. The second-order valence-electron chi connectivity index (χ2n) is 9.20. The molecule has 20 heavy (non-hydrogen) atoms. The predicted molar refractivity (Wildman–Crippen MR) is 88.4 cm³/mol. The van der Waals surface area contributed by atoms with E-state index in [4.69, 9.17) is 5.73 Å². The Hall–Kier alpha value is -0.530. The van der Waals surface area contributed by atoms with E-state index in [9.17, 15) is 4.79 Å². The van der Waals surface area contributed by atoms with Gasteiger partial charge in [0.05, 0.1) is 0 Å². The lowest BCUT2D eigenvalue weighted by atomic mass is 9.76. The van der Waals surface area contributed by atoms with Gasteiger partial charge in [0.2, 0.25) is 5.91 Å². The summed E-state index contributed by atoms with van der Waals surface area (Å²) in [5, 5.41) is 0. The second-order valence-corrected chi connectivity index (χ2v) is 9.20. The molecule has 0 radical (unpaired) electrons. The van der Waals surface area contributed by atoms with Crippen molar-refractivity contribution in [3.63, 3.8) is 0 Å². The number of carbonyl (C=O) groups excluding carboxylic acids is 1. The van der Waals surface area contributed by atoms with Gasteiger partial charge in [-0.3, -0.25) is 4.79 Å². The van der Waals surface area contributed by atoms with Crippen LogP contribution in [-0.4, -0.2) is 5.91 Å². The first kappa shape index (κ1) is 19.5. The molecule has 2 heteroatoms. The Bertz CT molecular complexity index is 296. The van der Waals surface area contributed by atoms with Crippen molar-refractivity contribution in [2.24, 2.45) is 34.3 Å². The highest BCUT2D eigenvalue weighted by atomic mass is 16.1. The van der Waals surface area contributed by atoms with E-state index in [1.165, 1.54) is 6.42 Å². The molecule has 0 aliphatic heterocycles. The second kappa shape index (κ2) is 7.47. The van der Waals surface area contributed by atoms with Crippen molar-refractivity contribution >= 4 is 5.91 Å². The van der Waals surface area contributed by atoms with Crippen LogP contribution >= 0.6 is 0 Å². The van der Waals surface area contributed by atoms with Crippen LogP contribution in [-0.2, 0) is 4.79 Å². The van der Waals surface area contributed by atoms with Crippen molar-refractivity contribution in [3.8, 4) is 0 Å². The quantitative estimate of drug-likeness (QED) is 0.701. The standard InChI is InChI=1S/C18H37NO/c1-13(11-17(3,4)5)9-10-15(16(19)20)14(2)12-18(6,7)8/h13-15H,9-12H2,1-8H3,(H2,19,20). The number of nitrogens with two attached hydrogens (primary N) is 1. The predicted octanol–water partition coefficient (Wildman–Crippen LogP) is 5.01. The monoisotopic (exact) mass is 283 g/mol. The minimum atomic E-state index is -0.121. The first-order valence-corrected chi connectivity index (χ1v) is 8.11. The number of amides is 1. The molecule has 1 amide bonds. The van der Waals surface area contributed by atoms with Crippen LogP contribution in [0, 0.1) is 28.6 Å². The topological polar surface area (TPSA) is 43.1 Å². The van der Waals surface area contributed by atoms with E-state index in [1.807, 2.05) is 0 Å². The smallest absolute Gasteiger partial charge is 0.220 e. The molecule has 0 aromatic rings. The van der Waals surface area contributed by atoms with Gasteiger partial charge < -0.3 is 5.73 Å². The van der Waals surface area contributed by atoms with Crippen LogP contribution in [0.4, 0.5) is 0 Å². The highest BCUT2D eigenvalue weighted by Gasteiger charge is 2.27. The van der Waals surface area contributed by atoms with E-state index in [2.05, 4.69) is 55.4 Å². The average Bonchev–Trinajstić information content (AvgIpc) is 2.10. The van der Waals surface area contributed by atoms with E-state index < -0.39 is 0 Å². The van der Waals surface area contributed by atoms with Gasteiger partial charge in [-0.2, -0.15) is 0 Å². The van der Waals surface area contributed by atoms with Crippen molar-refractivity contribution < 1.29 is 4.79 Å². The van der Waals surface area contributed by atoms with Gasteiger partial charge in [0, 0.05) is 5.92 Å².